The summed E-state index contributed by atoms with van der Waals surface area (Å²) in [5, 5.41) is 3.78. The normalized spacial score (nSPS) is 15.9. The van der Waals surface area contributed by atoms with E-state index in [1.807, 2.05) is 6.92 Å². The van der Waals surface area contributed by atoms with Crippen LogP contribution in [0.15, 0.2) is 36.4 Å². The molecule has 2 aromatic rings. The minimum absolute atomic E-state index is 0.0529. The van der Waals surface area contributed by atoms with Crippen molar-refractivity contribution in [3.63, 3.8) is 0 Å². The summed E-state index contributed by atoms with van der Waals surface area (Å²) < 4.78 is 38.8. The molecule has 4 rings (SSSR count). The lowest BCUT2D eigenvalue weighted by Gasteiger charge is -2.34. The van der Waals surface area contributed by atoms with Crippen LogP contribution >= 0.6 is 23.2 Å². The number of ether oxygens (including phenoxy) is 2. The summed E-state index contributed by atoms with van der Waals surface area (Å²) in [4.78, 5) is 28.9. The van der Waals surface area contributed by atoms with Crippen LogP contribution < -0.4 is 19.1 Å². The fourth-order valence-corrected chi connectivity index (χ4v) is 6.62. The number of benzene rings is 2. The van der Waals surface area contributed by atoms with E-state index >= 15 is 0 Å². The number of fused-ring (bicyclic) bond motifs is 1. The lowest BCUT2D eigenvalue weighted by Crippen LogP contribution is -2.53. The van der Waals surface area contributed by atoms with Gasteiger partial charge in [-0.3, -0.25) is 13.9 Å². The Bertz CT molecular complexity index is 1310. The van der Waals surface area contributed by atoms with Crippen molar-refractivity contribution in [2.24, 2.45) is 0 Å². The Hall–Kier alpha value is -2.69. The van der Waals surface area contributed by atoms with Crippen molar-refractivity contribution in [3.05, 3.63) is 52.0 Å². The monoisotopic (exact) mass is 611 g/mol. The van der Waals surface area contributed by atoms with Crippen LogP contribution in [0.3, 0.4) is 0 Å². The molecule has 1 N–H and O–H groups in total. The van der Waals surface area contributed by atoms with E-state index in [0.717, 1.165) is 30.0 Å². The molecule has 1 aliphatic heterocycles. The third kappa shape index (κ3) is 6.95. The molecule has 0 bridgehead atoms. The first-order valence-electron chi connectivity index (χ1n) is 13.6. The number of sulfonamides is 1. The van der Waals surface area contributed by atoms with Crippen LogP contribution in [-0.2, 0) is 26.2 Å². The molecule has 1 atom stereocenters. The molecule has 2 aliphatic rings. The van der Waals surface area contributed by atoms with Gasteiger partial charge < -0.3 is 19.7 Å². The van der Waals surface area contributed by atoms with Gasteiger partial charge in [0, 0.05) is 34.3 Å². The van der Waals surface area contributed by atoms with Gasteiger partial charge in [-0.25, -0.2) is 8.42 Å². The largest absolute Gasteiger partial charge is 0.486 e. The maximum absolute atomic E-state index is 14.0. The molecule has 0 unspecified atom stereocenters. The summed E-state index contributed by atoms with van der Waals surface area (Å²) in [6, 6.07) is 8.97. The van der Waals surface area contributed by atoms with Gasteiger partial charge in [0.05, 0.1) is 11.4 Å². The van der Waals surface area contributed by atoms with E-state index < -0.39 is 28.5 Å². The van der Waals surface area contributed by atoms with Gasteiger partial charge in [0.25, 0.3) is 0 Å². The first-order chi connectivity index (χ1) is 19.1. The van der Waals surface area contributed by atoms with Crippen molar-refractivity contribution >= 4 is 50.7 Å². The lowest BCUT2D eigenvalue weighted by molar-refractivity contribution is -0.140. The smallest absolute Gasteiger partial charge is 0.244 e. The second kappa shape index (κ2) is 13.3. The van der Waals surface area contributed by atoms with Crippen molar-refractivity contribution in [1.29, 1.82) is 0 Å². The zero-order valence-corrected chi connectivity index (χ0v) is 25.0. The Morgan fingerprint density at radius 2 is 1.68 bits per heavy atom. The lowest BCUT2D eigenvalue weighted by atomic mass is 10.1. The van der Waals surface area contributed by atoms with Gasteiger partial charge in [-0.05, 0) is 50.5 Å². The zero-order chi connectivity index (χ0) is 28.9. The molecule has 9 nitrogen and oxygen atoms in total. The molecule has 12 heteroatoms. The van der Waals surface area contributed by atoms with Crippen LogP contribution in [0.4, 0.5) is 5.69 Å². The number of anilines is 1. The minimum Gasteiger partial charge on any atom is -0.486 e. The van der Waals surface area contributed by atoms with Crippen LogP contribution in [0.1, 0.15) is 51.5 Å². The van der Waals surface area contributed by atoms with E-state index in [1.165, 1.54) is 11.8 Å². The molecule has 1 saturated carbocycles. The topological polar surface area (TPSA) is 105 Å². The molecule has 1 fully saturated rings. The number of rotatable bonds is 11. The average molecular weight is 613 g/mol. The highest BCUT2D eigenvalue weighted by atomic mass is 35.5. The van der Waals surface area contributed by atoms with Gasteiger partial charge in [-0.1, -0.05) is 49.0 Å². The summed E-state index contributed by atoms with van der Waals surface area (Å²) in [7, 11) is -3.89. The van der Waals surface area contributed by atoms with Gasteiger partial charge in [-0.15, -0.1) is 0 Å². The molecular weight excluding hydrogens is 577 g/mol. The molecule has 0 radical (unpaired) electrons. The predicted octanol–water partition coefficient (Wildman–Crippen LogP) is 4.79. The number of hydrogen-bond acceptors (Lipinski definition) is 6. The molecule has 0 spiro atoms. The number of hydrogen-bond donors (Lipinski definition) is 1. The highest BCUT2D eigenvalue weighted by molar-refractivity contribution is 7.92. The maximum atomic E-state index is 14.0. The maximum Gasteiger partial charge on any atom is 0.244 e. The molecule has 40 heavy (non-hydrogen) atoms. The summed E-state index contributed by atoms with van der Waals surface area (Å²) in [6.07, 6.45) is 4.17. The summed E-state index contributed by atoms with van der Waals surface area (Å²) in [6.45, 7) is 3.46. The van der Waals surface area contributed by atoms with Crippen LogP contribution in [-0.4, -0.2) is 62.7 Å². The van der Waals surface area contributed by atoms with Gasteiger partial charge in [0.2, 0.25) is 21.8 Å². The van der Waals surface area contributed by atoms with Gasteiger partial charge in [-0.2, -0.15) is 0 Å². The van der Waals surface area contributed by atoms with Crippen LogP contribution in [0, 0.1) is 0 Å². The van der Waals surface area contributed by atoms with E-state index in [2.05, 4.69) is 5.32 Å². The molecule has 1 heterocycles. The molecule has 2 aromatic carbocycles. The molecule has 1 aliphatic carbocycles. The fraction of sp³-hybridized carbons (Fsp3) is 0.500. The third-order valence-corrected chi connectivity index (χ3v) is 9.72. The molecule has 2 amide bonds. The van der Waals surface area contributed by atoms with Crippen LogP contribution in [0.2, 0.25) is 10.0 Å². The van der Waals surface area contributed by atoms with Crippen LogP contribution in [0.25, 0.3) is 0 Å². The van der Waals surface area contributed by atoms with E-state index in [9.17, 15) is 18.0 Å². The Balaban J connectivity index is 1.69. The van der Waals surface area contributed by atoms with Gasteiger partial charge >= 0.3 is 0 Å². The zero-order valence-electron chi connectivity index (χ0n) is 22.7. The highest BCUT2D eigenvalue weighted by Gasteiger charge is 2.34. The quantitative estimate of drug-likeness (QED) is 0.392. The number of nitrogens with one attached hydrogen (secondary N) is 1. The highest BCUT2D eigenvalue weighted by Crippen LogP contribution is 2.35. The SMILES string of the molecule is CC[C@@H](C(=O)NC1CCCC1)N(Cc1c(Cl)cccc1Cl)C(=O)CN(c1ccc2c(c1)OCCO2)S(=O)(=O)CC. The van der Waals surface area contributed by atoms with Crippen molar-refractivity contribution < 1.29 is 27.5 Å². The van der Waals surface area contributed by atoms with E-state index in [-0.39, 0.29) is 29.9 Å². The van der Waals surface area contributed by atoms with Crippen molar-refractivity contribution in [3.8, 4) is 11.5 Å². The molecule has 218 valence electrons. The van der Waals surface area contributed by atoms with E-state index in [0.29, 0.717) is 46.7 Å². The standard InChI is InChI=1S/C28H35Cl2N3O6S/c1-3-24(28(35)31-19-8-5-6-9-19)32(17-21-22(29)10-7-11-23(21)30)27(34)18-33(40(36,37)4-2)20-12-13-25-26(16-20)39-15-14-38-25/h7,10-13,16,19,24H,3-6,8-9,14-15,17-18H2,1-2H3,(H,31,35)/t24-/m0/s1. The van der Waals surface area contributed by atoms with Gasteiger partial charge in [0.1, 0.15) is 25.8 Å². The second-order valence-corrected chi connectivity index (χ2v) is 12.9. The molecule has 0 aromatic heterocycles. The van der Waals surface area contributed by atoms with E-state index in [4.69, 9.17) is 32.7 Å². The summed E-state index contributed by atoms with van der Waals surface area (Å²) >= 11 is 12.9. The number of amides is 2. The fourth-order valence-electron chi connectivity index (χ4n) is 5.05. The Morgan fingerprint density at radius 3 is 2.30 bits per heavy atom. The van der Waals surface area contributed by atoms with Crippen molar-refractivity contribution in [2.45, 2.75) is 64.6 Å². The Kier molecular flexibility index (Phi) is 10.1. The minimum atomic E-state index is -3.89. The van der Waals surface area contributed by atoms with Crippen molar-refractivity contribution in [1.82, 2.24) is 10.2 Å². The van der Waals surface area contributed by atoms with Crippen molar-refractivity contribution in [2.75, 3.05) is 29.8 Å². The first-order valence-corrected chi connectivity index (χ1v) is 15.9. The number of halogens is 2. The molecule has 0 saturated heterocycles. The van der Waals surface area contributed by atoms with Gasteiger partial charge in [0.15, 0.2) is 11.5 Å². The predicted molar refractivity (Wildman–Crippen MR) is 156 cm³/mol. The summed E-state index contributed by atoms with van der Waals surface area (Å²) in [5.41, 5.74) is 0.745. The number of carbonyl (C=O) groups excluding carboxylic acids is 2. The molecular formula is C28H35Cl2N3O6S. The van der Waals surface area contributed by atoms with E-state index in [1.54, 1.807) is 36.4 Å². The number of carbonyl (C=O) groups is 2. The second-order valence-electron chi connectivity index (χ2n) is 9.87. The Labute approximate surface area is 245 Å². The average Bonchev–Trinajstić information content (AvgIpc) is 3.45. The first kappa shape index (κ1) is 30.3. The Morgan fingerprint density at radius 1 is 1.02 bits per heavy atom. The summed E-state index contributed by atoms with van der Waals surface area (Å²) in [5.74, 6) is -0.175. The third-order valence-electron chi connectivity index (χ3n) is 7.27. The van der Waals surface area contributed by atoms with Crippen LogP contribution in [0.5, 0.6) is 11.5 Å². The number of nitrogens with zero attached hydrogens (tertiary/aromatic N) is 2.